The highest BCUT2D eigenvalue weighted by Gasteiger charge is 2.29. The van der Waals surface area contributed by atoms with E-state index in [9.17, 15) is 9.59 Å². The molecule has 0 radical (unpaired) electrons. The van der Waals surface area contributed by atoms with Crippen LogP contribution in [0.4, 0.5) is 5.69 Å². The minimum atomic E-state index is -1.01. The maximum absolute atomic E-state index is 12.8. The van der Waals surface area contributed by atoms with E-state index in [1.807, 2.05) is 0 Å². The number of hydrogen-bond acceptors (Lipinski definition) is 4. The average molecular weight is 407 g/mol. The fourth-order valence-electron chi connectivity index (χ4n) is 3.00. The van der Waals surface area contributed by atoms with Gasteiger partial charge in [-0.3, -0.25) is 4.79 Å². The lowest BCUT2D eigenvalue weighted by Crippen LogP contribution is -2.21. The number of amides is 1. The first kappa shape index (κ1) is 18.7. The third-order valence-corrected chi connectivity index (χ3v) is 4.66. The molecule has 0 aliphatic carbocycles. The van der Waals surface area contributed by atoms with E-state index < -0.39 is 5.97 Å². The van der Waals surface area contributed by atoms with Gasteiger partial charge in [0.2, 0.25) is 0 Å². The summed E-state index contributed by atoms with van der Waals surface area (Å²) < 4.78 is 5.81. The number of nitrogens with zero attached hydrogens (tertiary/aromatic N) is 2. The summed E-state index contributed by atoms with van der Waals surface area (Å²) in [6, 6.07) is 16.8. The smallest absolute Gasteiger partial charge is 0.335 e. The van der Waals surface area contributed by atoms with E-state index in [0.717, 1.165) is 0 Å². The van der Waals surface area contributed by atoms with Gasteiger partial charge < -0.3 is 9.52 Å². The molecule has 0 spiro atoms. The van der Waals surface area contributed by atoms with Crippen molar-refractivity contribution in [3.05, 3.63) is 82.6 Å². The van der Waals surface area contributed by atoms with E-state index in [0.29, 0.717) is 39.1 Å². The standard InChI is InChI=1S/C22H15ClN2O4/c1-13-19(21(26)25(24-13)17-7-3-6-16(23)11-17)12-18-8-9-20(29-18)14-4-2-5-15(10-14)22(27)28/h2-12H,1H3,(H,27,28). The quantitative estimate of drug-likeness (QED) is 0.610. The minimum Gasteiger partial charge on any atom is -0.478 e. The topological polar surface area (TPSA) is 83.1 Å². The molecule has 0 atom stereocenters. The molecule has 1 aliphatic heterocycles. The maximum atomic E-state index is 12.8. The molecule has 3 aromatic rings. The van der Waals surface area contributed by atoms with Gasteiger partial charge in [0.1, 0.15) is 11.5 Å². The third kappa shape index (κ3) is 3.70. The Hall–Kier alpha value is -3.64. The number of benzene rings is 2. The number of carboxylic acid groups (broad SMARTS) is 1. The van der Waals surface area contributed by atoms with Gasteiger partial charge >= 0.3 is 5.97 Å². The van der Waals surface area contributed by atoms with Crippen molar-refractivity contribution in [1.82, 2.24) is 0 Å². The first-order valence-electron chi connectivity index (χ1n) is 8.73. The van der Waals surface area contributed by atoms with Crippen molar-refractivity contribution < 1.29 is 19.1 Å². The normalized spacial score (nSPS) is 15.1. The predicted molar refractivity (Wildman–Crippen MR) is 111 cm³/mol. The first-order chi connectivity index (χ1) is 13.9. The number of carbonyl (C=O) groups excluding carboxylic acids is 1. The summed E-state index contributed by atoms with van der Waals surface area (Å²) in [4.78, 5) is 24.0. The van der Waals surface area contributed by atoms with Crippen molar-refractivity contribution in [1.29, 1.82) is 0 Å². The van der Waals surface area contributed by atoms with Gasteiger partial charge in [-0.05, 0) is 55.5 Å². The van der Waals surface area contributed by atoms with Crippen LogP contribution in [0.15, 0.2) is 75.8 Å². The number of aromatic carboxylic acids is 1. The molecule has 0 saturated heterocycles. The molecule has 0 saturated carbocycles. The Labute approximate surface area is 171 Å². The number of hydrazone groups is 1. The molecule has 144 valence electrons. The highest BCUT2D eigenvalue weighted by atomic mass is 35.5. The SMILES string of the molecule is CC1=NN(c2cccc(Cl)c2)C(=O)C1=Cc1ccc(-c2cccc(C(=O)O)c2)o1. The van der Waals surface area contributed by atoms with Crippen molar-refractivity contribution in [2.45, 2.75) is 6.92 Å². The van der Waals surface area contributed by atoms with Crippen LogP contribution in [0.1, 0.15) is 23.0 Å². The van der Waals surface area contributed by atoms with Crippen molar-refractivity contribution in [3.8, 4) is 11.3 Å². The zero-order valence-corrected chi connectivity index (χ0v) is 16.1. The largest absolute Gasteiger partial charge is 0.478 e. The van der Waals surface area contributed by atoms with Crippen LogP contribution in [-0.4, -0.2) is 22.7 Å². The van der Waals surface area contributed by atoms with Crippen LogP contribution in [-0.2, 0) is 4.79 Å². The molecule has 0 unspecified atom stereocenters. The number of furan rings is 1. The number of carboxylic acids is 1. The molecule has 2 aromatic carbocycles. The van der Waals surface area contributed by atoms with E-state index >= 15 is 0 Å². The second-order valence-corrected chi connectivity index (χ2v) is 6.86. The summed E-state index contributed by atoms with van der Waals surface area (Å²) in [5, 5.41) is 15.3. The monoisotopic (exact) mass is 406 g/mol. The number of hydrogen-bond donors (Lipinski definition) is 1. The lowest BCUT2D eigenvalue weighted by Gasteiger charge is -2.11. The molecule has 4 rings (SSSR count). The van der Waals surface area contributed by atoms with Crippen molar-refractivity contribution >= 4 is 41.0 Å². The number of rotatable bonds is 4. The second kappa shape index (κ2) is 7.41. The Balaban J connectivity index is 1.62. The summed E-state index contributed by atoms with van der Waals surface area (Å²) in [5.41, 5.74) is 2.35. The van der Waals surface area contributed by atoms with Crippen molar-refractivity contribution in [2.24, 2.45) is 5.10 Å². The fourth-order valence-corrected chi connectivity index (χ4v) is 3.19. The van der Waals surface area contributed by atoms with Crippen LogP contribution in [0.25, 0.3) is 17.4 Å². The summed E-state index contributed by atoms with van der Waals surface area (Å²) in [6.07, 6.45) is 1.62. The van der Waals surface area contributed by atoms with Crippen molar-refractivity contribution in [2.75, 3.05) is 5.01 Å². The molecule has 29 heavy (non-hydrogen) atoms. The van der Waals surface area contributed by atoms with Gasteiger partial charge in [0, 0.05) is 10.6 Å². The lowest BCUT2D eigenvalue weighted by atomic mass is 10.1. The van der Waals surface area contributed by atoms with Gasteiger partial charge in [-0.15, -0.1) is 0 Å². The Bertz CT molecular complexity index is 1190. The fraction of sp³-hybridized carbons (Fsp3) is 0.0455. The van der Waals surface area contributed by atoms with Crippen LogP contribution < -0.4 is 5.01 Å². The maximum Gasteiger partial charge on any atom is 0.335 e. The summed E-state index contributed by atoms with van der Waals surface area (Å²) >= 11 is 6.01. The first-order valence-corrected chi connectivity index (χ1v) is 9.11. The zero-order valence-electron chi connectivity index (χ0n) is 15.3. The van der Waals surface area contributed by atoms with E-state index in [2.05, 4.69) is 5.10 Å². The van der Waals surface area contributed by atoms with Crippen LogP contribution in [0.5, 0.6) is 0 Å². The predicted octanol–water partition coefficient (Wildman–Crippen LogP) is 5.10. The van der Waals surface area contributed by atoms with Gasteiger partial charge in [-0.25, -0.2) is 4.79 Å². The Kier molecular flexibility index (Phi) is 4.78. The van der Waals surface area contributed by atoms with Crippen LogP contribution in [0.3, 0.4) is 0 Å². The van der Waals surface area contributed by atoms with Gasteiger partial charge in [0.15, 0.2) is 0 Å². The molecule has 6 nitrogen and oxygen atoms in total. The third-order valence-electron chi connectivity index (χ3n) is 4.42. The van der Waals surface area contributed by atoms with E-state index in [1.54, 1.807) is 61.5 Å². The van der Waals surface area contributed by atoms with Gasteiger partial charge in [-0.1, -0.05) is 29.8 Å². The molecular weight excluding hydrogens is 392 g/mol. The molecule has 1 amide bonds. The molecule has 1 N–H and O–H groups in total. The molecule has 0 bridgehead atoms. The van der Waals surface area contributed by atoms with Gasteiger partial charge in [0.05, 0.1) is 22.5 Å². The second-order valence-electron chi connectivity index (χ2n) is 6.43. The molecule has 1 aliphatic rings. The summed E-state index contributed by atoms with van der Waals surface area (Å²) in [5.74, 6) is -0.320. The Morgan fingerprint density at radius 1 is 1.14 bits per heavy atom. The highest BCUT2D eigenvalue weighted by Crippen LogP contribution is 2.29. The summed E-state index contributed by atoms with van der Waals surface area (Å²) in [7, 11) is 0. The Morgan fingerprint density at radius 2 is 1.93 bits per heavy atom. The van der Waals surface area contributed by atoms with Crippen LogP contribution in [0, 0.1) is 0 Å². The molecule has 0 fully saturated rings. The average Bonchev–Trinajstić information content (AvgIpc) is 3.28. The summed E-state index contributed by atoms with van der Waals surface area (Å²) in [6.45, 7) is 1.74. The molecule has 7 heteroatoms. The van der Waals surface area contributed by atoms with E-state index in [1.165, 1.54) is 17.1 Å². The van der Waals surface area contributed by atoms with Crippen molar-refractivity contribution in [3.63, 3.8) is 0 Å². The van der Waals surface area contributed by atoms with E-state index in [-0.39, 0.29) is 11.5 Å². The number of carbonyl (C=O) groups is 2. The molecule has 2 heterocycles. The molecule has 1 aromatic heterocycles. The van der Waals surface area contributed by atoms with Crippen LogP contribution in [0.2, 0.25) is 5.02 Å². The zero-order chi connectivity index (χ0) is 20.5. The number of anilines is 1. The number of halogens is 1. The lowest BCUT2D eigenvalue weighted by molar-refractivity contribution is -0.114. The van der Waals surface area contributed by atoms with Crippen LogP contribution >= 0.6 is 11.6 Å². The van der Waals surface area contributed by atoms with Gasteiger partial charge in [0.25, 0.3) is 5.91 Å². The highest BCUT2D eigenvalue weighted by molar-refractivity contribution is 6.33. The molecular formula is C22H15ClN2O4. The van der Waals surface area contributed by atoms with E-state index in [4.69, 9.17) is 21.1 Å². The minimum absolute atomic E-state index is 0.171. The Morgan fingerprint density at radius 3 is 2.69 bits per heavy atom. The van der Waals surface area contributed by atoms with Gasteiger partial charge in [-0.2, -0.15) is 10.1 Å².